The lowest BCUT2D eigenvalue weighted by Crippen LogP contribution is -2.44. The zero-order chi connectivity index (χ0) is 20.0. The molecule has 1 aliphatic rings. The number of ether oxygens (including phenoxy) is 2. The Morgan fingerprint density at radius 1 is 1.11 bits per heavy atom. The van der Waals surface area contributed by atoms with Crippen molar-refractivity contribution >= 4 is 14.0 Å². The van der Waals surface area contributed by atoms with Crippen LogP contribution in [0.4, 0.5) is 0 Å². The van der Waals surface area contributed by atoms with Crippen molar-refractivity contribution in [2.45, 2.75) is 83.7 Å². The van der Waals surface area contributed by atoms with Gasteiger partial charge in [-0.3, -0.25) is 0 Å². The molecule has 0 spiro atoms. The van der Waals surface area contributed by atoms with Crippen molar-refractivity contribution in [2.75, 3.05) is 6.61 Å². The fraction of sp³-hybridized carbons (Fsp3) is 0.609. The van der Waals surface area contributed by atoms with Gasteiger partial charge in [0.2, 0.25) is 0 Å². The lowest BCUT2D eigenvalue weighted by Gasteiger charge is -2.41. The van der Waals surface area contributed by atoms with Crippen LogP contribution in [0.2, 0.25) is 16.6 Å². The minimum atomic E-state index is -1.87. The molecule has 0 radical (unpaired) electrons. The van der Waals surface area contributed by atoms with E-state index in [9.17, 15) is 4.79 Å². The molecule has 1 fully saturated rings. The van der Waals surface area contributed by atoms with E-state index < -0.39 is 8.07 Å². The maximum atomic E-state index is 13.1. The fourth-order valence-corrected chi connectivity index (χ4v) is 10.5. The summed E-state index contributed by atoms with van der Waals surface area (Å²) in [6.07, 6.45) is 1.80. The van der Waals surface area contributed by atoms with E-state index in [-0.39, 0.29) is 12.1 Å². The van der Waals surface area contributed by atoms with Gasteiger partial charge in [-0.1, -0.05) is 77.6 Å². The van der Waals surface area contributed by atoms with Gasteiger partial charge < -0.3 is 9.47 Å². The number of hydrogen-bond acceptors (Lipinski definition) is 3. The Labute approximate surface area is 166 Å². The number of hydrogen-bond donors (Lipinski definition) is 0. The van der Waals surface area contributed by atoms with Gasteiger partial charge in [-0.15, -0.1) is 0 Å². The van der Waals surface area contributed by atoms with Gasteiger partial charge >= 0.3 is 5.97 Å². The van der Waals surface area contributed by atoms with Crippen LogP contribution in [-0.2, 0) is 20.9 Å². The molecule has 3 nitrogen and oxygen atoms in total. The van der Waals surface area contributed by atoms with Gasteiger partial charge in [-0.2, -0.15) is 0 Å². The SMILES string of the molecule is CC(C)[Si](/C=C(\C(=O)OCc1ccccc1)C1CCCO1)(C(C)C)C(C)C. The summed E-state index contributed by atoms with van der Waals surface area (Å²) in [6, 6.07) is 9.87. The third-order valence-electron chi connectivity index (χ3n) is 6.13. The largest absolute Gasteiger partial charge is 0.457 e. The third kappa shape index (κ3) is 5.11. The molecule has 1 atom stereocenters. The molecule has 1 unspecified atom stereocenters. The normalized spacial score (nSPS) is 18.6. The molecule has 1 aromatic carbocycles. The van der Waals surface area contributed by atoms with E-state index in [1.54, 1.807) is 0 Å². The van der Waals surface area contributed by atoms with Gasteiger partial charge in [0.1, 0.15) is 6.61 Å². The van der Waals surface area contributed by atoms with E-state index in [1.807, 2.05) is 30.3 Å². The third-order valence-corrected chi connectivity index (χ3v) is 12.9. The van der Waals surface area contributed by atoms with Crippen LogP contribution in [-0.4, -0.2) is 26.8 Å². The molecule has 0 N–H and O–H groups in total. The van der Waals surface area contributed by atoms with Crippen molar-refractivity contribution in [1.82, 2.24) is 0 Å². The van der Waals surface area contributed by atoms with E-state index in [1.165, 1.54) is 0 Å². The number of benzene rings is 1. The van der Waals surface area contributed by atoms with Crippen LogP contribution in [0.15, 0.2) is 41.6 Å². The summed E-state index contributed by atoms with van der Waals surface area (Å²) < 4.78 is 11.6. The van der Waals surface area contributed by atoms with E-state index >= 15 is 0 Å². The van der Waals surface area contributed by atoms with Crippen LogP contribution in [0, 0.1) is 0 Å². The van der Waals surface area contributed by atoms with Crippen molar-refractivity contribution in [2.24, 2.45) is 0 Å². The summed E-state index contributed by atoms with van der Waals surface area (Å²) in [4.78, 5) is 13.1. The predicted octanol–water partition coefficient (Wildman–Crippen LogP) is 6.05. The lowest BCUT2D eigenvalue weighted by molar-refractivity contribution is -0.141. The quantitative estimate of drug-likeness (QED) is 0.309. The Bertz CT molecular complexity index is 607. The minimum absolute atomic E-state index is 0.114. The highest BCUT2D eigenvalue weighted by Crippen LogP contribution is 2.44. The van der Waals surface area contributed by atoms with Crippen molar-refractivity contribution in [1.29, 1.82) is 0 Å². The van der Waals surface area contributed by atoms with Crippen LogP contribution in [0.25, 0.3) is 0 Å². The molecule has 1 saturated heterocycles. The molecule has 0 aliphatic carbocycles. The first-order chi connectivity index (χ1) is 12.8. The Kier molecular flexibility index (Phi) is 7.87. The Morgan fingerprint density at radius 2 is 1.70 bits per heavy atom. The molecule has 1 aliphatic heterocycles. The zero-order valence-electron chi connectivity index (χ0n) is 17.8. The first-order valence-corrected chi connectivity index (χ1v) is 12.6. The molecule has 4 heteroatoms. The summed E-state index contributed by atoms with van der Waals surface area (Å²) in [6.45, 7) is 14.9. The fourth-order valence-electron chi connectivity index (χ4n) is 4.68. The first-order valence-electron chi connectivity index (χ1n) is 10.3. The molecule has 27 heavy (non-hydrogen) atoms. The molecule has 0 aromatic heterocycles. The lowest BCUT2D eigenvalue weighted by atomic mass is 10.1. The molecule has 0 amide bonds. The predicted molar refractivity (Wildman–Crippen MR) is 114 cm³/mol. The average molecular weight is 389 g/mol. The summed E-state index contributed by atoms with van der Waals surface area (Å²) in [5.74, 6) is -0.204. The van der Waals surface area contributed by atoms with Crippen molar-refractivity contribution in [3.8, 4) is 0 Å². The van der Waals surface area contributed by atoms with Gasteiger partial charge in [0.25, 0.3) is 0 Å². The number of carbonyl (C=O) groups excluding carboxylic acids is 1. The van der Waals surface area contributed by atoms with Crippen LogP contribution in [0.3, 0.4) is 0 Å². The maximum Gasteiger partial charge on any atom is 0.336 e. The van der Waals surface area contributed by atoms with Gasteiger partial charge in [0.05, 0.1) is 19.8 Å². The van der Waals surface area contributed by atoms with Crippen molar-refractivity contribution in [3.63, 3.8) is 0 Å². The number of esters is 1. The Hall–Kier alpha value is -1.39. The highest BCUT2D eigenvalue weighted by atomic mass is 28.3. The molecular formula is C23H36O3Si. The standard InChI is InChI=1S/C23H36O3Si/c1-17(2)27(18(3)4,19(5)6)16-21(22-13-10-14-25-22)23(24)26-15-20-11-8-7-9-12-20/h7-9,11-12,16-19,22H,10,13-15H2,1-6H3/b21-16-. The van der Waals surface area contributed by atoms with E-state index in [2.05, 4.69) is 47.2 Å². The first kappa shape index (κ1) is 21.9. The smallest absolute Gasteiger partial charge is 0.336 e. The Morgan fingerprint density at radius 3 is 2.19 bits per heavy atom. The van der Waals surface area contributed by atoms with Gasteiger partial charge in [-0.05, 0) is 35.0 Å². The van der Waals surface area contributed by atoms with Crippen LogP contribution >= 0.6 is 0 Å². The maximum absolute atomic E-state index is 13.1. The summed E-state index contributed by atoms with van der Waals surface area (Å²) in [5.41, 5.74) is 5.78. The minimum Gasteiger partial charge on any atom is -0.457 e. The monoisotopic (exact) mass is 388 g/mol. The topological polar surface area (TPSA) is 35.5 Å². The van der Waals surface area contributed by atoms with Crippen LogP contribution in [0.1, 0.15) is 59.9 Å². The molecule has 1 heterocycles. The number of carbonyl (C=O) groups is 1. The second-order valence-corrected chi connectivity index (χ2v) is 14.4. The second-order valence-electron chi connectivity index (χ2n) is 8.63. The van der Waals surface area contributed by atoms with Gasteiger partial charge in [-0.25, -0.2) is 4.79 Å². The van der Waals surface area contributed by atoms with Crippen LogP contribution < -0.4 is 0 Å². The van der Waals surface area contributed by atoms with Crippen molar-refractivity contribution < 1.29 is 14.3 Å². The van der Waals surface area contributed by atoms with Crippen molar-refractivity contribution in [3.05, 3.63) is 47.2 Å². The molecule has 1 aromatic rings. The summed E-state index contributed by atoms with van der Waals surface area (Å²) in [7, 11) is -1.87. The summed E-state index contributed by atoms with van der Waals surface area (Å²) >= 11 is 0. The van der Waals surface area contributed by atoms with E-state index in [0.29, 0.717) is 23.2 Å². The summed E-state index contributed by atoms with van der Waals surface area (Å²) in [5, 5.41) is 0. The second kappa shape index (κ2) is 9.70. The van der Waals surface area contributed by atoms with Gasteiger partial charge in [0, 0.05) is 6.61 Å². The van der Waals surface area contributed by atoms with Crippen LogP contribution in [0.5, 0.6) is 0 Å². The highest BCUT2D eigenvalue weighted by molar-refractivity contribution is 6.88. The number of rotatable bonds is 8. The zero-order valence-corrected chi connectivity index (χ0v) is 18.8. The molecule has 2 rings (SSSR count). The van der Waals surface area contributed by atoms with E-state index in [4.69, 9.17) is 9.47 Å². The molecule has 0 bridgehead atoms. The average Bonchev–Trinajstić information content (AvgIpc) is 3.15. The highest BCUT2D eigenvalue weighted by Gasteiger charge is 2.43. The van der Waals surface area contributed by atoms with Gasteiger partial charge in [0.15, 0.2) is 0 Å². The Balaban J connectivity index is 2.34. The molecule has 150 valence electrons. The molecular weight excluding hydrogens is 352 g/mol. The van der Waals surface area contributed by atoms with E-state index in [0.717, 1.165) is 30.6 Å². The molecule has 0 saturated carbocycles.